The molecule has 0 aliphatic heterocycles. The molecule has 0 spiro atoms. The number of nitrogens with one attached hydrogen (secondary N) is 2. The number of hydrogen-bond acceptors (Lipinski definition) is 6. The molecule has 0 aliphatic rings. The minimum atomic E-state index is -3.40. The van der Waals surface area contributed by atoms with Crippen molar-refractivity contribution in [3.63, 3.8) is 0 Å². The lowest BCUT2D eigenvalue weighted by molar-refractivity contribution is 0.102. The number of thioether (sulfide) groups is 1. The van der Waals surface area contributed by atoms with Gasteiger partial charge in [-0.15, -0.1) is 11.8 Å². The standard InChI is InChI=1S/C19H18N4O3S2/c1-28(25,26)23-16-5-2-4-15(12-16)22-18(24)17-6-3-9-21-19(17)27-13-14-7-10-20-11-8-14/h2-12,23H,13H2,1H3,(H,22,24). The third kappa shape index (κ3) is 5.80. The van der Waals surface area contributed by atoms with E-state index in [2.05, 4.69) is 20.0 Å². The van der Waals surface area contributed by atoms with E-state index in [-0.39, 0.29) is 5.91 Å². The largest absolute Gasteiger partial charge is 0.322 e. The van der Waals surface area contributed by atoms with Crippen LogP contribution < -0.4 is 10.0 Å². The summed E-state index contributed by atoms with van der Waals surface area (Å²) >= 11 is 1.46. The summed E-state index contributed by atoms with van der Waals surface area (Å²) in [4.78, 5) is 21.0. The lowest BCUT2D eigenvalue weighted by Crippen LogP contribution is -2.14. The Morgan fingerprint density at radius 1 is 1.04 bits per heavy atom. The summed E-state index contributed by atoms with van der Waals surface area (Å²) in [5.41, 5.74) is 2.38. The quantitative estimate of drug-likeness (QED) is 0.575. The topological polar surface area (TPSA) is 101 Å². The molecular formula is C19H18N4O3S2. The Hall–Kier alpha value is -2.91. The molecule has 2 aromatic heterocycles. The van der Waals surface area contributed by atoms with Crippen molar-refractivity contribution >= 4 is 39.1 Å². The molecular weight excluding hydrogens is 396 g/mol. The third-order valence-corrected chi connectivity index (χ3v) is 5.25. The Bertz CT molecular complexity index is 1070. The molecule has 0 unspecified atom stereocenters. The Balaban J connectivity index is 1.73. The molecule has 0 bridgehead atoms. The third-order valence-electron chi connectivity index (χ3n) is 3.56. The van der Waals surface area contributed by atoms with Crippen molar-refractivity contribution in [2.24, 2.45) is 0 Å². The number of pyridine rings is 2. The predicted molar refractivity (Wildman–Crippen MR) is 111 cm³/mol. The van der Waals surface area contributed by atoms with Gasteiger partial charge in [-0.3, -0.25) is 14.5 Å². The Labute approximate surface area is 167 Å². The van der Waals surface area contributed by atoms with Gasteiger partial charge in [0, 0.05) is 30.0 Å². The number of aromatic nitrogens is 2. The molecule has 2 N–H and O–H groups in total. The molecule has 7 nitrogen and oxygen atoms in total. The molecule has 144 valence electrons. The Morgan fingerprint density at radius 3 is 2.54 bits per heavy atom. The molecule has 2 heterocycles. The van der Waals surface area contributed by atoms with Crippen LogP contribution in [0.3, 0.4) is 0 Å². The molecule has 3 rings (SSSR count). The second kappa shape index (κ2) is 8.85. The van der Waals surface area contributed by atoms with Crippen molar-refractivity contribution in [1.29, 1.82) is 0 Å². The highest BCUT2D eigenvalue weighted by Gasteiger charge is 2.14. The van der Waals surface area contributed by atoms with Crippen LogP contribution in [-0.4, -0.2) is 30.5 Å². The van der Waals surface area contributed by atoms with Crippen LogP contribution in [0.15, 0.2) is 72.1 Å². The van der Waals surface area contributed by atoms with E-state index in [1.807, 2.05) is 12.1 Å². The maximum atomic E-state index is 12.7. The van der Waals surface area contributed by atoms with Gasteiger partial charge in [0.15, 0.2) is 0 Å². The second-order valence-corrected chi connectivity index (χ2v) is 8.62. The number of rotatable bonds is 7. The first-order valence-electron chi connectivity index (χ1n) is 8.27. The fraction of sp³-hybridized carbons (Fsp3) is 0.105. The van der Waals surface area contributed by atoms with Crippen LogP contribution in [0.25, 0.3) is 0 Å². The molecule has 3 aromatic rings. The van der Waals surface area contributed by atoms with Gasteiger partial charge in [-0.05, 0) is 48.0 Å². The van der Waals surface area contributed by atoms with Gasteiger partial charge in [0.25, 0.3) is 5.91 Å². The Kier molecular flexibility index (Phi) is 6.27. The van der Waals surface area contributed by atoms with Gasteiger partial charge in [-0.2, -0.15) is 0 Å². The average molecular weight is 415 g/mol. The summed E-state index contributed by atoms with van der Waals surface area (Å²) < 4.78 is 25.1. The number of sulfonamides is 1. The monoisotopic (exact) mass is 414 g/mol. The van der Waals surface area contributed by atoms with Crippen molar-refractivity contribution < 1.29 is 13.2 Å². The van der Waals surface area contributed by atoms with Crippen molar-refractivity contribution in [3.8, 4) is 0 Å². The number of carbonyl (C=O) groups excluding carboxylic acids is 1. The lowest BCUT2D eigenvalue weighted by Gasteiger charge is -2.10. The molecule has 0 saturated carbocycles. The normalized spacial score (nSPS) is 11.0. The average Bonchev–Trinajstić information content (AvgIpc) is 2.66. The van der Waals surface area contributed by atoms with Gasteiger partial charge in [0.2, 0.25) is 10.0 Å². The highest BCUT2D eigenvalue weighted by Crippen LogP contribution is 2.25. The smallest absolute Gasteiger partial charge is 0.258 e. The number of carbonyl (C=O) groups is 1. The van der Waals surface area contributed by atoms with Gasteiger partial charge < -0.3 is 5.32 Å². The SMILES string of the molecule is CS(=O)(=O)Nc1cccc(NC(=O)c2cccnc2SCc2ccncc2)c1. The minimum Gasteiger partial charge on any atom is -0.322 e. The fourth-order valence-corrected chi connectivity index (χ4v) is 3.88. The van der Waals surface area contributed by atoms with Gasteiger partial charge in [0.05, 0.1) is 17.5 Å². The number of amides is 1. The van der Waals surface area contributed by atoms with Crippen molar-refractivity contribution in [1.82, 2.24) is 9.97 Å². The van der Waals surface area contributed by atoms with Crippen molar-refractivity contribution in [2.45, 2.75) is 10.8 Å². The van der Waals surface area contributed by atoms with Crippen LogP contribution >= 0.6 is 11.8 Å². The first-order valence-corrected chi connectivity index (χ1v) is 11.1. The first kappa shape index (κ1) is 19.8. The molecule has 0 aliphatic carbocycles. The molecule has 1 amide bonds. The van der Waals surface area contributed by atoms with Crippen LogP contribution in [0.5, 0.6) is 0 Å². The lowest BCUT2D eigenvalue weighted by atomic mass is 10.2. The summed E-state index contributed by atoms with van der Waals surface area (Å²) in [6.45, 7) is 0. The maximum absolute atomic E-state index is 12.7. The summed E-state index contributed by atoms with van der Waals surface area (Å²) in [5.74, 6) is 0.343. The van der Waals surface area contributed by atoms with E-state index in [0.29, 0.717) is 27.7 Å². The molecule has 0 atom stereocenters. The zero-order chi connectivity index (χ0) is 20.0. The van der Waals surface area contributed by atoms with Crippen LogP contribution in [0, 0.1) is 0 Å². The van der Waals surface area contributed by atoms with Gasteiger partial charge in [-0.25, -0.2) is 13.4 Å². The zero-order valence-corrected chi connectivity index (χ0v) is 16.6. The maximum Gasteiger partial charge on any atom is 0.258 e. The number of benzene rings is 1. The summed E-state index contributed by atoms with van der Waals surface area (Å²) in [7, 11) is -3.40. The summed E-state index contributed by atoms with van der Waals surface area (Å²) in [6.07, 6.45) is 6.15. The molecule has 0 radical (unpaired) electrons. The van der Waals surface area contributed by atoms with Crippen molar-refractivity contribution in [2.75, 3.05) is 16.3 Å². The Morgan fingerprint density at radius 2 is 1.79 bits per heavy atom. The molecule has 9 heteroatoms. The van der Waals surface area contributed by atoms with Crippen LogP contribution in [0.2, 0.25) is 0 Å². The molecule has 28 heavy (non-hydrogen) atoms. The summed E-state index contributed by atoms with van der Waals surface area (Å²) in [6, 6.07) is 13.7. The minimum absolute atomic E-state index is 0.318. The number of nitrogens with zero attached hydrogens (tertiary/aromatic N) is 2. The molecule has 0 fully saturated rings. The summed E-state index contributed by atoms with van der Waals surface area (Å²) in [5, 5.41) is 3.40. The van der Waals surface area contributed by atoms with Crippen LogP contribution in [-0.2, 0) is 15.8 Å². The molecule has 0 saturated heterocycles. The van der Waals surface area contributed by atoms with Crippen LogP contribution in [0.1, 0.15) is 15.9 Å². The first-order chi connectivity index (χ1) is 13.4. The van der Waals surface area contributed by atoms with Crippen molar-refractivity contribution in [3.05, 3.63) is 78.2 Å². The van der Waals surface area contributed by atoms with E-state index >= 15 is 0 Å². The second-order valence-electron chi connectivity index (χ2n) is 5.91. The van der Waals surface area contributed by atoms with Gasteiger partial charge in [0.1, 0.15) is 5.03 Å². The zero-order valence-electron chi connectivity index (χ0n) is 15.0. The van der Waals surface area contributed by atoms with E-state index in [1.54, 1.807) is 55.0 Å². The predicted octanol–water partition coefficient (Wildman–Crippen LogP) is 3.39. The number of hydrogen-bond donors (Lipinski definition) is 2. The highest BCUT2D eigenvalue weighted by atomic mass is 32.2. The van der Waals surface area contributed by atoms with Gasteiger partial charge >= 0.3 is 0 Å². The van der Waals surface area contributed by atoms with E-state index in [4.69, 9.17) is 0 Å². The molecule has 1 aromatic carbocycles. The van der Waals surface area contributed by atoms with E-state index in [9.17, 15) is 13.2 Å². The number of anilines is 2. The van der Waals surface area contributed by atoms with Gasteiger partial charge in [-0.1, -0.05) is 6.07 Å². The van der Waals surface area contributed by atoms with E-state index in [0.717, 1.165) is 11.8 Å². The van der Waals surface area contributed by atoms with E-state index in [1.165, 1.54) is 11.8 Å². The fourth-order valence-electron chi connectivity index (χ4n) is 2.38. The highest BCUT2D eigenvalue weighted by molar-refractivity contribution is 7.98. The van der Waals surface area contributed by atoms with E-state index < -0.39 is 10.0 Å². The van der Waals surface area contributed by atoms with Crippen LogP contribution in [0.4, 0.5) is 11.4 Å².